The summed E-state index contributed by atoms with van der Waals surface area (Å²) in [7, 11) is 0. The molecule has 0 saturated carbocycles. The van der Waals surface area contributed by atoms with E-state index in [4.69, 9.17) is 9.47 Å². The Labute approximate surface area is 213 Å². The van der Waals surface area contributed by atoms with Crippen molar-refractivity contribution < 1.29 is 28.7 Å². The van der Waals surface area contributed by atoms with Gasteiger partial charge in [-0.1, -0.05) is 71.9 Å². The maximum Gasteiger partial charge on any atom is 0.310 e. The smallest absolute Gasteiger partial charge is 0.310 e. The lowest BCUT2D eigenvalue weighted by Gasteiger charge is -2.17. The number of ether oxygens (including phenoxy) is 2. The van der Waals surface area contributed by atoms with Crippen molar-refractivity contribution in [2.75, 3.05) is 25.1 Å². The van der Waals surface area contributed by atoms with Crippen molar-refractivity contribution in [2.45, 2.75) is 54.4 Å². The molecule has 7 heteroatoms. The van der Waals surface area contributed by atoms with Gasteiger partial charge in [-0.25, -0.2) is 0 Å². The van der Waals surface area contributed by atoms with Crippen LogP contribution in [0.1, 0.15) is 74.2 Å². The third-order valence-corrected chi connectivity index (χ3v) is 5.24. The quantitative estimate of drug-likeness (QED) is 0.259. The van der Waals surface area contributed by atoms with Gasteiger partial charge in [-0.15, -0.1) is 0 Å². The van der Waals surface area contributed by atoms with Crippen molar-refractivity contribution in [1.29, 1.82) is 0 Å². The zero-order chi connectivity index (χ0) is 26.9. The molecule has 0 aliphatic heterocycles. The van der Waals surface area contributed by atoms with Crippen molar-refractivity contribution in [2.24, 2.45) is 10.8 Å². The van der Waals surface area contributed by atoms with Crippen LogP contribution >= 0.6 is 0 Å². The molecule has 1 N–H and O–H groups in total. The van der Waals surface area contributed by atoms with Crippen LogP contribution in [0.4, 0.5) is 5.69 Å². The van der Waals surface area contributed by atoms with E-state index in [0.717, 1.165) is 5.56 Å². The van der Waals surface area contributed by atoms with Crippen molar-refractivity contribution in [1.82, 2.24) is 0 Å². The van der Waals surface area contributed by atoms with Gasteiger partial charge in [-0.3, -0.25) is 19.2 Å². The Morgan fingerprint density at radius 3 is 1.97 bits per heavy atom. The summed E-state index contributed by atoms with van der Waals surface area (Å²) in [4.78, 5) is 49.1. The lowest BCUT2D eigenvalue weighted by Crippen LogP contribution is -2.21. The van der Waals surface area contributed by atoms with Gasteiger partial charge in [-0.05, 0) is 23.8 Å². The van der Waals surface area contributed by atoms with Gasteiger partial charge in [0.25, 0.3) is 0 Å². The largest absolute Gasteiger partial charge is 0.465 e. The minimum atomic E-state index is -0.509. The van der Waals surface area contributed by atoms with Crippen molar-refractivity contribution >= 4 is 29.1 Å². The number of carbonyl (C=O) groups is 4. The van der Waals surface area contributed by atoms with E-state index in [2.05, 4.69) is 5.32 Å². The van der Waals surface area contributed by atoms with Gasteiger partial charge in [0.15, 0.2) is 11.6 Å². The summed E-state index contributed by atoms with van der Waals surface area (Å²) in [6.07, 6.45) is 0.516. The predicted molar refractivity (Wildman–Crippen MR) is 139 cm³/mol. The predicted octanol–water partition coefficient (Wildman–Crippen LogP) is 5.28. The summed E-state index contributed by atoms with van der Waals surface area (Å²) in [5.41, 5.74) is 1.36. The van der Waals surface area contributed by atoms with E-state index >= 15 is 0 Å². The van der Waals surface area contributed by atoms with Crippen LogP contribution in [-0.4, -0.2) is 43.3 Å². The first-order valence-electron chi connectivity index (χ1n) is 12.1. The minimum absolute atomic E-state index is 0.00417. The lowest BCUT2D eigenvalue weighted by molar-refractivity contribution is -0.143. The maximum absolute atomic E-state index is 12.4. The van der Waals surface area contributed by atoms with Gasteiger partial charge < -0.3 is 14.8 Å². The highest BCUT2D eigenvalue weighted by Crippen LogP contribution is 2.23. The van der Waals surface area contributed by atoms with Gasteiger partial charge in [0.1, 0.15) is 6.61 Å². The van der Waals surface area contributed by atoms with Crippen LogP contribution in [0.2, 0.25) is 0 Å². The van der Waals surface area contributed by atoms with Gasteiger partial charge >= 0.3 is 5.97 Å². The van der Waals surface area contributed by atoms with Crippen molar-refractivity contribution in [3.63, 3.8) is 0 Å². The second-order valence-corrected chi connectivity index (χ2v) is 10.8. The van der Waals surface area contributed by atoms with Crippen LogP contribution in [0.3, 0.4) is 0 Å². The van der Waals surface area contributed by atoms with E-state index in [1.54, 1.807) is 48.5 Å². The Morgan fingerprint density at radius 1 is 0.778 bits per heavy atom. The molecular weight excluding hydrogens is 458 g/mol. The molecule has 194 valence electrons. The fraction of sp³-hybridized carbons (Fsp3) is 0.448. The Morgan fingerprint density at radius 2 is 1.36 bits per heavy atom. The number of ketones is 2. The Hall–Kier alpha value is -3.32. The average Bonchev–Trinajstić information content (AvgIpc) is 2.79. The van der Waals surface area contributed by atoms with E-state index in [1.165, 1.54) is 0 Å². The van der Waals surface area contributed by atoms with Gasteiger partial charge in [0.2, 0.25) is 5.91 Å². The first-order chi connectivity index (χ1) is 16.8. The summed E-state index contributed by atoms with van der Waals surface area (Å²) >= 11 is 0. The summed E-state index contributed by atoms with van der Waals surface area (Å²) in [6, 6.07) is 13.8. The Bertz CT molecular complexity index is 1000. The number of benzene rings is 2. The maximum atomic E-state index is 12.4. The molecule has 7 nitrogen and oxygen atoms in total. The number of hydrogen-bond donors (Lipinski definition) is 1. The van der Waals surface area contributed by atoms with Crippen molar-refractivity contribution in [3.8, 4) is 0 Å². The van der Waals surface area contributed by atoms with Crippen molar-refractivity contribution in [3.05, 3.63) is 65.2 Å². The topological polar surface area (TPSA) is 98.8 Å². The Balaban J connectivity index is 1.69. The molecule has 0 fully saturated rings. The number of hydrogen-bond acceptors (Lipinski definition) is 6. The summed E-state index contributed by atoms with van der Waals surface area (Å²) in [6.45, 7) is 11.4. The monoisotopic (exact) mass is 495 g/mol. The number of nitrogens with one attached hydrogen (secondary N) is 1. The normalized spacial score (nSPS) is 11.6. The molecule has 36 heavy (non-hydrogen) atoms. The third-order valence-electron chi connectivity index (χ3n) is 5.24. The zero-order valence-electron chi connectivity index (χ0n) is 22.1. The van der Waals surface area contributed by atoms with Gasteiger partial charge in [0.05, 0.1) is 19.6 Å². The van der Waals surface area contributed by atoms with Gasteiger partial charge in [0, 0.05) is 34.1 Å². The molecule has 0 bridgehead atoms. The summed E-state index contributed by atoms with van der Waals surface area (Å²) in [5.74, 6) is -0.713. The summed E-state index contributed by atoms with van der Waals surface area (Å²) < 4.78 is 10.6. The molecule has 2 aromatic rings. The number of Topliss-reactive ketones (excluding diaryl/α,β-unsaturated/α-hetero) is 2. The molecule has 2 rings (SSSR count). The molecule has 0 heterocycles. The van der Waals surface area contributed by atoms with Gasteiger partial charge in [-0.2, -0.15) is 0 Å². The zero-order valence-corrected chi connectivity index (χ0v) is 22.1. The minimum Gasteiger partial charge on any atom is -0.465 e. The molecule has 0 spiro atoms. The molecule has 0 unspecified atom stereocenters. The highest BCUT2D eigenvalue weighted by Gasteiger charge is 2.24. The lowest BCUT2D eigenvalue weighted by atomic mass is 9.86. The fourth-order valence-corrected chi connectivity index (χ4v) is 3.35. The molecule has 0 saturated heterocycles. The van der Waals surface area contributed by atoms with E-state index in [9.17, 15) is 19.2 Å². The van der Waals surface area contributed by atoms with E-state index in [0.29, 0.717) is 23.2 Å². The standard InChI is InChI=1S/C29H37NO6/c1-28(2,3)26(33)21-11-7-10-20(16-21)17-25(32)36-15-9-14-35-19-24(31)30-23-13-8-12-22(18-23)27(34)29(4,5)6/h7-8,10-13,16,18H,9,14-15,17,19H2,1-6H3,(H,30,31). The average molecular weight is 496 g/mol. The highest BCUT2D eigenvalue weighted by atomic mass is 16.5. The van der Waals surface area contributed by atoms with Crippen LogP contribution in [0.5, 0.6) is 0 Å². The molecule has 0 aliphatic carbocycles. The summed E-state index contributed by atoms with van der Waals surface area (Å²) in [5, 5.41) is 2.72. The van der Waals surface area contributed by atoms with Crippen LogP contribution in [0.25, 0.3) is 0 Å². The molecule has 2 aromatic carbocycles. The van der Waals surface area contributed by atoms with Crippen LogP contribution in [-0.2, 0) is 25.5 Å². The molecule has 0 radical (unpaired) electrons. The number of carbonyl (C=O) groups excluding carboxylic acids is 4. The second-order valence-electron chi connectivity index (χ2n) is 10.8. The first-order valence-corrected chi connectivity index (χ1v) is 12.1. The third kappa shape index (κ3) is 9.38. The molecule has 0 aliphatic rings. The molecule has 1 amide bonds. The molecule has 0 atom stereocenters. The number of anilines is 1. The Kier molecular flexibility index (Phi) is 10.1. The second kappa shape index (κ2) is 12.6. The number of esters is 1. The molecular formula is C29H37NO6. The number of amides is 1. The van der Waals surface area contributed by atoms with Crippen LogP contribution < -0.4 is 5.32 Å². The fourth-order valence-electron chi connectivity index (χ4n) is 3.35. The van der Waals surface area contributed by atoms with E-state index < -0.39 is 16.8 Å². The van der Waals surface area contributed by atoms with Crippen LogP contribution in [0, 0.1) is 10.8 Å². The highest BCUT2D eigenvalue weighted by molar-refractivity contribution is 6.01. The molecule has 0 aromatic heterocycles. The number of rotatable bonds is 11. The first kappa shape index (κ1) is 28.9. The van der Waals surface area contributed by atoms with E-state index in [1.807, 2.05) is 41.5 Å². The van der Waals surface area contributed by atoms with Crippen LogP contribution in [0.15, 0.2) is 48.5 Å². The van der Waals surface area contributed by atoms with E-state index in [-0.39, 0.29) is 43.7 Å². The SMILES string of the molecule is CC(C)(C)C(=O)c1cccc(CC(=O)OCCCOCC(=O)Nc2cccc(C(=O)C(C)(C)C)c2)c1.